The summed E-state index contributed by atoms with van der Waals surface area (Å²) < 4.78 is 10.4. The van der Waals surface area contributed by atoms with Crippen molar-refractivity contribution in [1.82, 2.24) is 4.90 Å². The number of hydrogen-bond acceptors (Lipinski definition) is 4. The van der Waals surface area contributed by atoms with Crippen LogP contribution >= 0.6 is 0 Å². The van der Waals surface area contributed by atoms with Crippen molar-refractivity contribution >= 4 is 12.1 Å². The Hall–Kier alpha value is -2.04. The van der Waals surface area contributed by atoms with Crippen molar-refractivity contribution in [3.63, 3.8) is 0 Å². The first-order chi connectivity index (χ1) is 9.79. The van der Waals surface area contributed by atoms with Crippen LogP contribution in [0.15, 0.2) is 30.3 Å². The van der Waals surface area contributed by atoms with Gasteiger partial charge in [0, 0.05) is 13.6 Å². The van der Waals surface area contributed by atoms with E-state index in [4.69, 9.17) is 9.47 Å². The highest BCUT2D eigenvalue weighted by molar-refractivity contribution is 5.89. The molecule has 0 heterocycles. The normalized spacial score (nSPS) is 10.9. The molecular formula is C16H23NO4. The van der Waals surface area contributed by atoms with Crippen LogP contribution in [0.5, 0.6) is 0 Å². The van der Waals surface area contributed by atoms with Crippen LogP contribution in [0.2, 0.25) is 0 Å². The van der Waals surface area contributed by atoms with Crippen molar-refractivity contribution in [2.45, 2.75) is 32.8 Å². The Labute approximate surface area is 125 Å². The van der Waals surface area contributed by atoms with E-state index in [2.05, 4.69) is 0 Å². The van der Waals surface area contributed by atoms with E-state index in [1.54, 1.807) is 31.3 Å². The molecule has 5 heteroatoms. The van der Waals surface area contributed by atoms with Gasteiger partial charge in [0.25, 0.3) is 0 Å². The van der Waals surface area contributed by atoms with Crippen LogP contribution in [-0.4, -0.2) is 42.8 Å². The maximum Gasteiger partial charge on any atom is 0.410 e. The molecule has 1 aromatic rings. The zero-order valence-electron chi connectivity index (χ0n) is 13.1. The van der Waals surface area contributed by atoms with Crippen molar-refractivity contribution in [3.05, 3.63) is 35.9 Å². The van der Waals surface area contributed by atoms with Gasteiger partial charge in [-0.3, -0.25) is 0 Å². The van der Waals surface area contributed by atoms with Gasteiger partial charge in [-0.25, -0.2) is 9.59 Å². The van der Waals surface area contributed by atoms with E-state index in [1.165, 1.54) is 4.90 Å². The lowest BCUT2D eigenvalue weighted by atomic mass is 10.2. The molecule has 0 fully saturated rings. The minimum atomic E-state index is -0.509. The van der Waals surface area contributed by atoms with Gasteiger partial charge in [-0.2, -0.15) is 0 Å². The summed E-state index contributed by atoms with van der Waals surface area (Å²) in [6, 6.07) is 8.82. The van der Waals surface area contributed by atoms with Crippen LogP contribution in [0.4, 0.5) is 4.79 Å². The molecule has 0 saturated heterocycles. The molecule has 0 aliphatic carbocycles. The van der Waals surface area contributed by atoms with E-state index in [9.17, 15) is 9.59 Å². The monoisotopic (exact) mass is 293 g/mol. The second-order valence-electron chi connectivity index (χ2n) is 5.76. The van der Waals surface area contributed by atoms with Crippen LogP contribution < -0.4 is 0 Å². The highest BCUT2D eigenvalue weighted by Gasteiger charge is 2.19. The van der Waals surface area contributed by atoms with Crippen LogP contribution in [0.25, 0.3) is 0 Å². The molecule has 0 aromatic heterocycles. The number of carbonyl (C=O) groups is 2. The van der Waals surface area contributed by atoms with Gasteiger partial charge in [0.1, 0.15) is 5.60 Å². The van der Waals surface area contributed by atoms with E-state index in [1.807, 2.05) is 26.8 Å². The molecule has 5 nitrogen and oxygen atoms in total. The predicted octanol–water partition coefficient (Wildman–Crippen LogP) is 3.10. The Balaban J connectivity index is 2.25. The molecule has 116 valence electrons. The van der Waals surface area contributed by atoms with E-state index in [0.29, 0.717) is 18.5 Å². The highest BCUT2D eigenvalue weighted by Crippen LogP contribution is 2.09. The van der Waals surface area contributed by atoms with Gasteiger partial charge in [0.15, 0.2) is 0 Å². The van der Waals surface area contributed by atoms with E-state index >= 15 is 0 Å². The third kappa shape index (κ3) is 6.79. The van der Waals surface area contributed by atoms with Gasteiger partial charge in [-0.1, -0.05) is 18.2 Å². The largest absolute Gasteiger partial charge is 0.462 e. The van der Waals surface area contributed by atoms with Crippen LogP contribution in [0.3, 0.4) is 0 Å². The lowest BCUT2D eigenvalue weighted by Crippen LogP contribution is -2.35. The van der Waals surface area contributed by atoms with Crippen LogP contribution in [0.1, 0.15) is 37.6 Å². The Morgan fingerprint density at radius 1 is 1.14 bits per heavy atom. The zero-order chi connectivity index (χ0) is 15.9. The maximum absolute atomic E-state index is 11.7. The number of amides is 1. The summed E-state index contributed by atoms with van der Waals surface area (Å²) in [6.45, 7) is 6.19. The average Bonchev–Trinajstić information content (AvgIpc) is 2.42. The van der Waals surface area contributed by atoms with Gasteiger partial charge in [-0.15, -0.1) is 0 Å². The summed E-state index contributed by atoms with van der Waals surface area (Å²) >= 11 is 0. The first-order valence-corrected chi connectivity index (χ1v) is 6.96. The van der Waals surface area contributed by atoms with Crippen molar-refractivity contribution in [1.29, 1.82) is 0 Å². The standard InChI is InChI=1S/C16H23NO4/c1-16(2,3)21-15(19)17(4)11-8-12-20-14(18)13-9-6-5-7-10-13/h5-7,9-10H,8,11-12H2,1-4H3. The smallest absolute Gasteiger partial charge is 0.410 e. The summed E-state index contributed by atoms with van der Waals surface area (Å²) in [5.41, 5.74) is 0.0171. The third-order valence-electron chi connectivity index (χ3n) is 2.59. The fourth-order valence-corrected chi connectivity index (χ4v) is 1.56. The third-order valence-corrected chi connectivity index (χ3v) is 2.59. The number of hydrogen-bond donors (Lipinski definition) is 0. The molecule has 0 aliphatic heterocycles. The number of benzene rings is 1. The molecule has 21 heavy (non-hydrogen) atoms. The SMILES string of the molecule is CN(CCCOC(=O)c1ccccc1)C(=O)OC(C)(C)C. The molecular weight excluding hydrogens is 270 g/mol. The lowest BCUT2D eigenvalue weighted by molar-refractivity contribution is 0.0279. The second-order valence-corrected chi connectivity index (χ2v) is 5.76. The highest BCUT2D eigenvalue weighted by atomic mass is 16.6. The Bertz CT molecular complexity index is 465. The quantitative estimate of drug-likeness (QED) is 0.618. The minimum Gasteiger partial charge on any atom is -0.462 e. The van der Waals surface area contributed by atoms with Crippen molar-refractivity contribution in [2.75, 3.05) is 20.2 Å². The van der Waals surface area contributed by atoms with Gasteiger partial charge in [-0.05, 0) is 39.3 Å². The van der Waals surface area contributed by atoms with Crippen LogP contribution in [0, 0.1) is 0 Å². The zero-order valence-corrected chi connectivity index (χ0v) is 13.1. The molecule has 0 bridgehead atoms. The molecule has 1 rings (SSSR count). The second kappa shape index (κ2) is 7.67. The lowest BCUT2D eigenvalue weighted by Gasteiger charge is -2.24. The van der Waals surface area contributed by atoms with E-state index in [-0.39, 0.29) is 18.7 Å². The number of ether oxygens (including phenoxy) is 2. The molecule has 0 saturated carbocycles. The summed E-state index contributed by atoms with van der Waals surface area (Å²) in [7, 11) is 1.66. The molecule has 0 N–H and O–H groups in total. The average molecular weight is 293 g/mol. The predicted molar refractivity (Wildman–Crippen MR) is 80.2 cm³/mol. The number of nitrogens with zero attached hydrogens (tertiary/aromatic N) is 1. The summed E-state index contributed by atoms with van der Waals surface area (Å²) in [4.78, 5) is 24.9. The van der Waals surface area contributed by atoms with Gasteiger partial charge in [0.2, 0.25) is 0 Å². The summed E-state index contributed by atoms with van der Waals surface area (Å²) in [5.74, 6) is -0.351. The molecule has 0 unspecified atom stereocenters. The first kappa shape index (κ1) is 17.0. The fraction of sp³-hybridized carbons (Fsp3) is 0.500. The van der Waals surface area contributed by atoms with E-state index < -0.39 is 5.60 Å². The first-order valence-electron chi connectivity index (χ1n) is 6.96. The van der Waals surface area contributed by atoms with Crippen molar-refractivity contribution in [2.24, 2.45) is 0 Å². The molecule has 1 amide bonds. The minimum absolute atomic E-state index is 0.265. The Kier molecular flexibility index (Phi) is 6.21. The fourth-order valence-electron chi connectivity index (χ4n) is 1.56. The Morgan fingerprint density at radius 3 is 2.33 bits per heavy atom. The van der Waals surface area contributed by atoms with Crippen LogP contribution in [-0.2, 0) is 9.47 Å². The maximum atomic E-state index is 11.7. The Morgan fingerprint density at radius 2 is 1.76 bits per heavy atom. The molecule has 1 aromatic carbocycles. The molecule has 0 atom stereocenters. The number of rotatable bonds is 5. The topological polar surface area (TPSA) is 55.8 Å². The molecule has 0 aliphatic rings. The number of carbonyl (C=O) groups excluding carboxylic acids is 2. The van der Waals surface area contributed by atoms with Gasteiger partial charge >= 0.3 is 12.1 Å². The molecule has 0 spiro atoms. The molecule has 0 radical (unpaired) electrons. The van der Waals surface area contributed by atoms with E-state index in [0.717, 1.165) is 0 Å². The van der Waals surface area contributed by atoms with Crippen molar-refractivity contribution < 1.29 is 19.1 Å². The number of esters is 1. The summed E-state index contributed by atoms with van der Waals surface area (Å²) in [5, 5.41) is 0. The van der Waals surface area contributed by atoms with Gasteiger partial charge in [0.05, 0.1) is 12.2 Å². The van der Waals surface area contributed by atoms with Gasteiger partial charge < -0.3 is 14.4 Å². The summed E-state index contributed by atoms with van der Waals surface area (Å²) in [6.07, 6.45) is 0.186. The van der Waals surface area contributed by atoms with Crippen molar-refractivity contribution in [3.8, 4) is 0 Å².